The van der Waals surface area contributed by atoms with E-state index in [4.69, 9.17) is 4.74 Å². The van der Waals surface area contributed by atoms with Gasteiger partial charge in [-0.2, -0.15) is 35.3 Å². The van der Waals surface area contributed by atoms with Crippen molar-refractivity contribution in [3.63, 3.8) is 0 Å². The van der Waals surface area contributed by atoms with Gasteiger partial charge in [0.25, 0.3) is 0 Å². The number of hydrogen-bond donors (Lipinski definition) is 3. The van der Waals surface area contributed by atoms with Crippen molar-refractivity contribution in [2.75, 3.05) is 87.8 Å². The van der Waals surface area contributed by atoms with E-state index in [-0.39, 0.29) is 0 Å². The van der Waals surface area contributed by atoms with E-state index in [1.54, 1.807) is 0 Å². The predicted molar refractivity (Wildman–Crippen MR) is 479 cm³/mol. The van der Waals surface area contributed by atoms with Crippen molar-refractivity contribution in [1.29, 1.82) is 0 Å². The van der Waals surface area contributed by atoms with Crippen molar-refractivity contribution >= 4 is 35.3 Å². The van der Waals surface area contributed by atoms with Crippen LogP contribution in [0.2, 0.25) is 0 Å². The number of rotatable bonds is 9. The van der Waals surface area contributed by atoms with Gasteiger partial charge in [0.05, 0.1) is 0 Å². The van der Waals surface area contributed by atoms with Crippen LogP contribution in [0.25, 0.3) is 0 Å². The van der Waals surface area contributed by atoms with E-state index in [1.165, 1.54) is 229 Å². The molecule has 1 aliphatic carbocycles. The summed E-state index contributed by atoms with van der Waals surface area (Å²) in [5.41, 5.74) is 0. The van der Waals surface area contributed by atoms with Crippen molar-refractivity contribution in [1.82, 2.24) is 20.9 Å². The molecule has 612 valence electrons. The molecule has 0 aromatic carbocycles. The highest BCUT2D eigenvalue weighted by Crippen LogP contribution is 2.32. The summed E-state index contributed by atoms with van der Waals surface area (Å²) in [7, 11) is 0. The summed E-state index contributed by atoms with van der Waals surface area (Å²) in [6, 6.07) is 1.57. The number of nitrogens with one attached hydrogen (secondary N) is 3. The maximum Gasteiger partial charge on any atom is 0.0496 e. The fraction of sp³-hybridized carbons (Fsp3) is 1.00. The molecule has 0 radical (unpaired) electrons. The zero-order chi connectivity index (χ0) is 78.2. The van der Waals surface area contributed by atoms with E-state index in [9.17, 15) is 0 Å². The van der Waals surface area contributed by atoms with Crippen LogP contribution < -0.4 is 16.0 Å². The molecule has 0 bridgehead atoms. The summed E-state index contributed by atoms with van der Waals surface area (Å²) in [5, 5.41) is 11.3. The van der Waals surface area contributed by atoms with Crippen LogP contribution in [-0.2, 0) is 4.74 Å². The van der Waals surface area contributed by atoms with Crippen LogP contribution in [0.1, 0.15) is 403 Å². The third-order valence-corrected chi connectivity index (χ3v) is 23.9. The molecular formula is C91H204N4OS3. The first-order chi connectivity index (χ1) is 47.7. The van der Waals surface area contributed by atoms with E-state index < -0.39 is 0 Å². The lowest BCUT2D eigenvalue weighted by Crippen LogP contribution is -2.37. The van der Waals surface area contributed by atoms with Crippen molar-refractivity contribution in [3.8, 4) is 0 Å². The summed E-state index contributed by atoms with van der Waals surface area (Å²) in [6.07, 6.45) is 34.4. The number of hydrogen-bond acceptors (Lipinski definition) is 8. The molecular weight excluding hydrogens is 1260 g/mol. The highest BCUT2D eigenvalue weighted by molar-refractivity contribution is 8.00. The number of ether oxygens (including phenoxy) is 1. The third-order valence-electron chi connectivity index (χ3n) is 19.9. The van der Waals surface area contributed by atoms with Crippen LogP contribution in [0.15, 0.2) is 0 Å². The first kappa shape index (κ1) is 118. The number of likely N-dealkylation sites (tertiary alicyclic amines) is 1. The molecule has 5 nitrogen and oxygen atoms in total. The fourth-order valence-electron chi connectivity index (χ4n) is 12.9. The Labute approximate surface area is 648 Å². The highest BCUT2D eigenvalue weighted by atomic mass is 32.2. The van der Waals surface area contributed by atoms with Gasteiger partial charge in [-0.3, -0.25) is 0 Å². The highest BCUT2D eigenvalue weighted by Gasteiger charge is 2.22. The van der Waals surface area contributed by atoms with Gasteiger partial charge in [0.1, 0.15) is 0 Å². The maximum absolute atomic E-state index is 5.34. The van der Waals surface area contributed by atoms with E-state index >= 15 is 0 Å². The molecule has 0 spiro atoms. The molecule has 0 aromatic rings. The van der Waals surface area contributed by atoms with Crippen molar-refractivity contribution in [2.45, 2.75) is 421 Å². The molecule has 3 N–H and O–H groups in total. The summed E-state index contributed by atoms with van der Waals surface area (Å²) in [5.74, 6) is 20.0. The zero-order valence-corrected chi connectivity index (χ0v) is 78.7. The average Bonchev–Trinajstić information content (AvgIpc) is 3.85. The molecule has 8 saturated heterocycles. The molecule has 5 unspecified atom stereocenters. The number of thioether (sulfide) groups is 3. The lowest BCUT2D eigenvalue weighted by Gasteiger charge is -2.29. The lowest BCUT2D eigenvalue weighted by molar-refractivity contribution is 0.0373. The molecule has 1 saturated carbocycles. The smallest absolute Gasteiger partial charge is 0.0496 e. The predicted octanol–water partition coefficient (Wildman–Crippen LogP) is 30.0. The Balaban J connectivity index is -0.000000128. The van der Waals surface area contributed by atoms with Crippen LogP contribution in [0.3, 0.4) is 0 Å². The summed E-state index contributed by atoms with van der Waals surface area (Å²) >= 11 is 6.42. The molecule has 9 rings (SSSR count). The average molecular weight is 1470 g/mol. The van der Waals surface area contributed by atoms with Gasteiger partial charge >= 0.3 is 0 Å². The second-order valence-corrected chi connectivity index (χ2v) is 33.3. The summed E-state index contributed by atoms with van der Waals surface area (Å²) in [4.78, 5) is 2.56. The van der Waals surface area contributed by atoms with Crippen LogP contribution in [0.4, 0.5) is 0 Å². The lowest BCUT2D eigenvalue weighted by atomic mass is 9.82. The minimum Gasteiger partial charge on any atom is -0.381 e. The minimum absolute atomic E-state index is 0.769. The Kier molecular flexibility index (Phi) is 113. The van der Waals surface area contributed by atoms with Gasteiger partial charge in [-0.15, -0.1) is 0 Å². The normalized spacial score (nSPS) is 22.1. The minimum atomic E-state index is 0.769. The van der Waals surface area contributed by atoms with Gasteiger partial charge in [-0.1, -0.05) is 287 Å². The van der Waals surface area contributed by atoms with Gasteiger partial charge in [-0.25, -0.2) is 0 Å². The molecule has 0 aromatic heterocycles. The third kappa shape index (κ3) is 78.3. The van der Waals surface area contributed by atoms with E-state index in [0.717, 1.165) is 113 Å². The Morgan fingerprint density at radius 3 is 1.00 bits per heavy atom. The molecule has 9 fully saturated rings. The van der Waals surface area contributed by atoms with E-state index in [0.29, 0.717) is 0 Å². The summed E-state index contributed by atoms with van der Waals surface area (Å²) in [6.45, 7) is 88.6. The van der Waals surface area contributed by atoms with Gasteiger partial charge in [0, 0.05) is 30.5 Å². The van der Waals surface area contributed by atoms with E-state index in [2.05, 4.69) is 181 Å². The van der Waals surface area contributed by atoms with Crippen LogP contribution in [0, 0.1) is 82.9 Å². The Hall–Kier alpha value is 0.850. The van der Waals surface area contributed by atoms with Crippen molar-refractivity contribution < 1.29 is 4.74 Å². The van der Waals surface area contributed by atoms with Gasteiger partial charge in [0.2, 0.25) is 0 Å². The number of nitrogens with zero attached hydrogens (tertiary/aromatic N) is 1. The monoisotopic (exact) mass is 1470 g/mol. The Bertz CT molecular complexity index is 978. The first-order valence-corrected chi connectivity index (χ1v) is 48.3. The molecule has 8 heteroatoms. The van der Waals surface area contributed by atoms with Gasteiger partial charge < -0.3 is 25.6 Å². The molecule has 8 heterocycles. The first-order valence-electron chi connectivity index (χ1n) is 45.0. The summed E-state index contributed by atoms with van der Waals surface area (Å²) < 4.78 is 5.34. The van der Waals surface area contributed by atoms with Crippen molar-refractivity contribution in [2.24, 2.45) is 82.9 Å². The second kappa shape index (κ2) is 94.9. The molecule has 99 heavy (non-hydrogen) atoms. The second-order valence-electron chi connectivity index (χ2n) is 29.6. The standard InChI is InChI=1S/C9H18.4C8H17N.C8H16O.3C8H16S.9C2H6/c1-8(2)9-6-4-3-5-7-9;1-7(2)8-3-5-9-6-4-8;1-7(2)8-4-3-5-9-6-8;1-8(2)9-6-4-3-5-7-9;1-7(2)8-5-3-4-6-9-8;1-7(2)8-4-3-5-9-6-8;1-7(2)8-3-5-9-6-4-8;1-7(2)8-4-3-5-9-6-8;1-7(2)8-5-3-4-6-9-8;9*1-2/h8-9H,3-7H2,1-2H3;2*7-9H,3-6H2,1-2H3;8H,3-7H2,1-2H3;7-9H,3-6H2,1-2H3;4*7-8H,3-6H2,1-2H3;9*1-2H3. The molecule has 0 amide bonds. The maximum atomic E-state index is 5.34. The van der Waals surface area contributed by atoms with Crippen LogP contribution >= 0.6 is 35.3 Å². The largest absolute Gasteiger partial charge is 0.381 e. The SMILES string of the molecule is CC.CC.CC.CC.CC.CC.CC.CC.CC.CC(C)C1CCCCC1.CC(C)C1CCCCN1.CC(C)C1CCCCS1.CC(C)C1CCCNC1.CC(C)C1CCCOC1.CC(C)C1CCCSC1.CC(C)C1CCNCC1.CC(C)C1CCSCC1.CC(C)N1CCCCC1. The van der Waals surface area contributed by atoms with Crippen LogP contribution in [0.5, 0.6) is 0 Å². The molecule has 9 aliphatic rings. The fourth-order valence-corrected chi connectivity index (χ4v) is 16.8. The topological polar surface area (TPSA) is 48.6 Å². The molecule has 8 aliphatic heterocycles. The van der Waals surface area contributed by atoms with Gasteiger partial charge in [0.15, 0.2) is 0 Å². The van der Waals surface area contributed by atoms with Crippen LogP contribution in [-0.4, -0.2) is 110 Å². The Morgan fingerprint density at radius 2 is 0.727 bits per heavy atom. The van der Waals surface area contributed by atoms with Crippen molar-refractivity contribution in [3.05, 3.63) is 0 Å². The zero-order valence-electron chi connectivity index (χ0n) is 76.3. The van der Waals surface area contributed by atoms with Gasteiger partial charge in [-0.05, 0) is 274 Å². The Morgan fingerprint density at radius 1 is 0.303 bits per heavy atom. The number of piperidine rings is 4. The van der Waals surface area contributed by atoms with E-state index in [1.807, 2.05) is 125 Å². The quantitative estimate of drug-likeness (QED) is 0.211. The molecule has 5 atom stereocenters.